The van der Waals surface area contributed by atoms with Gasteiger partial charge in [0.15, 0.2) is 0 Å². The summed E-state index contributed by atoms with van der Waals surface area (Å²) in [6.07, 6.45) is 0. The molecule has 7 nitrogen and oxygen atoms in total. The zero-order valence-corrected chi connectivity index (χ0v) is 20.8. The van der Waals surface area contributed by atoms with Gasteiger partial charge in [-0.1, -0.05) is 52.5 Å². The number of carbonyl (C=O) groups is 3. The molecule has 1 heterocycles. The van der Waals surface area contributed by atoms with E-state index in [1.165, 1.54) is 10.7 Å². The van der Waals surface area contributed by atoms with Crippen LogP contribution in [0.1, 0.15) is 21.6 Å². The van der Waals surface area contributed by atoms with Crippen LogP contribution in [-0.4, -0.2) is 22.4 Å². The molecule has 3 aromatic carbocycles. The average molecular weight is 530 g/mol. The van der Waals surface area contributed by atoms with Crippen molar-refractivity contribution in [2.45, 2.75) is 13.8 Å². The Morgan fingerprint density at radius 3 is 2.14 bits per heavy atom. The van der Waals surface area contributed by atoms with Gasteiger partial charge in [0.2, 0.25) is 0 Å². The average Bonchev–Trinajstić information content (AvgIpc) is 3.14. The number of fused-ring (bicyclic) bond motifs is 1. The topological polar surface area (TPSA) is 92.2 Å². The Bertz CT molecular complexity index is 1500. The van der Waals surface area contributed by atoms with Gasteiger partial charge in [0.25, 0.3) is 5.91 Å². The lowest BCUT2D eigenvalue weighted by Gasteiger charge is -2.14. The maximum atomic E-state index is 13.1. The third-order valence-electron chi connectivity index (χ3n) is 5.23. The first-order chi connectivity index (χ1) is 16.6. The van der Waals surface area contributed by atoms with E-state index >= 15 is 0 Å². The summed E-state index contributed by atoms with van der Waals surface area (Å²) in [6.45, 7) is 3.76. The molecule has 10 heteroatoms. The number of benzene rings is 3. The number of aryl methyl sites for hydroxylation is 2. The number of nitrogens with one attached hydrogen (secondary N) is 3. The van der Waals surface area contributed by atoms with Crippen molar-refractivity contribution < 1.29 is 14.4 Å². The molecule has 3 amide bonds. The Morgan fingerprint density at radius 1 is 0.743 bits per heavy atom. The Morgan fingerprint density at radius 2 is 1.43 bits per heavy atom. The molecular weight excluding hydrogens is 511 g/mol. The molecule has 4 rings (SSSR count). The van der Waals surface area contributed by atoms with E-state index in [1.807, 2.05) is 26.0 Å². The van der Waals surface area contributed by atoms with Crippen molar-refractivity contribution in [2.75, 3.05) is 16.1 Å². The SMILES string of the molecule is Cc1ccc(NC(=O)C(=O)Nn2c(C(=O)Nc3ccc(Cl)cc3Cl)cc3cc(Cl)ccc32)c(C)c1. The molecule has 0 bridgehead atoms. The van der Waals surface area contributed by atoms with Crippen molar-refractivity contribution in [3.63, 3.8) is 0 Å². The summed E-state index contributed by atoms with van der Waals surface area (Å²) >= 11 is 18.2. The fraction of sp³-hybridized carbons (Fsp3) is 0.0800. The predicted molar refractivity (Wildman–Crippen MR) is 140 cm³/mol. The van der Waals surface area contributed by atoms with Gasteiger partial charge < -0.3 is 10.6 Å². The molecule has 0 aliphatic rings. The summed E-state index contributed by atoms with van der Waals surface area (Å²) in [6, 6.07) is 16.5. The minimum Gasteiger partial charge on any atom is -0.319 e. The quantitative estimate of drug-likeness (QED) is 0.276. The van der Waals surface area contributed by atoms with E-state index in [0.717, 1.165) is 11.1 Å². The van der Waals surface area contributed by atoms with Gasteiger partial charge in [-0.3, -0.25) is 19.8 Å². The molecule has 0 atom stereocenters. The Labute approximate surface area is 215 Å². The molecule has 4 aromatic rings. The summed E-state index contributed by atoms with van der Waals surface area (Å²) in [5.41, 5.74) is 5.70. The van der Waals surface area contributed by atoms with Gasteiger partial charge >= 0.3 is 11.8 Å². The lowest BCUT2D eigenvalue weighted by Crippen LogP contribution is -2.36. The van der Waals surface area contributed by atoms with Crippen LogP contribution in [0.2, 0.25) is 15.1 Å². The monoisotopic (exact) mass is 528 g/mol. The van der Waals surface area contributed by atoms with Crippen LogP contribution in [0.5, 0.6) is 0 Å². The number of hydrogen-bond acceptors (Lipinski definition) is 3. The van der Waals surface area contributed by atoms with Gasteiger partial charge in [-0.05, 0) is 67.9 Å². The van der Waals surface area contributed by atoms with E-state index in [0.29, 0.717) is 32.3 Å². The summed E-state index contributed by atoms with van der Waals surface area (Å²) in [5, 5.41) is 6.97. The van der Waals surface area contributed by atoms with Gasteiger partial charge in [-0.15, -0.1) is 0 Å². The van der Waals surface area contributed by atoms with Crippen LogP contribution in [-0.2, 0) is 9.59 Å². The standard InChI is InChI=1S/C25H19Cl3N4O3/c1-13-3-6-19(14(2)9-13)29-24(34)25(35)31-32-21-8-5-16(26)10-15(21)11-22(32)23(33)30-20-7-4-17(27)12-18(20)28/h3-12H,1-2H3,(H,29,34)(H,30,33)(H,31,35). The van der Waals surface area contributed by atoms with Crippen molar-refractivity contribution in [1.82, 2.24) is 4.68 Å². The van der Waals surface area contributed by atoms with Crippen LogP contribution in [0.15, 0.2) is 60.7 Å². The molecule has 0 unspecified atom stereocenters. The van der Waals surface area contributed by atoms with Crippen molar-refractivity contribution in [3.8, 4) is 0 Å². The van der Waals surface area contributed by atoms with E-state index in [9.17, 15) is 14.4 Å². The fourth-order valence-corrected chi connectivity index (χ4v) is 4.17. The van der Waals surface area contributed by atoms with Crippen molar-refractivity contribution in [3.05, 3.63) is 92.6 Å². The second-order valence-corrected chi connectivity index (χ2v) is 9.14. The number of halogens is 3. The normalized spacial score (nSPS) is 10.8. The lowest BCUT2D eigenvalue weighted by atomic mass is 10.1. The third kappa shape index (κ3) is 5.43. The van der Waals surface area contributed by atoms with Gasteiger partial charge in [-0.2, -0.15) is 0 Å². The molecule has 0 fully saturated rings. The van der Waals surface area contributed by atoms with Gasteiger partial charge in [0.05, 0.1) is 16.2 Å². The summed E-state index contributed by atoms with van der Waals surface area (Å²) in [4.78, 5) is 38.6. The minimum absolute atomic E-state index is 0.0564. The molecule has 1 aromatic heterocycles. The van der Waals surface area contributed by atoms with Gasteiger partial charge in [0, 0.05) is 21.1 Å². The number of amides is 3. The van der Waals surface area contributed by atoms with E-state index < -0.39 is 17.7 Å². The van der Waals surface area contributed by atoms with Crippen molar-refractivity contribution in [1.29, 1.82) is 0 Å². The van der Waals surface area contributed by atoms with E-state index in [2.05, 4.69) is 16.1 Å². The number of nitrogens with zero attached hydrogens (tertiary/aromatic N) is 1. The molecule has 0 radical (unpaired) electrons. The predicted octanol–water partition coefficient (Wildman–Crippen LogP) is 6.18. The second-order valence-electron chi connectivity index (χ2n) is 7.86. The first kappa shape index (κ1) is 24.6. The number of carbonyl (C=O) groups excluding carboxylic acids is 3. The molecule has 0 saturated heterocycles. The lowest BCUT2D eigenvalue weighted by molar-refractivity contribution is -0.133. The summed E-state index contributed by atoms with van der Waals surface area (Å²) in [7, 11) is 0. The highest BCUT2D eigenvalue weighted by atomic mass is 35.5. The molecular formula is C25H19Cl3N4O3. The van der Waals surface area contributed by atoms with Crippen LogP contribution in [0.3, 0.4) is 0 Å². The smallest absolute Gasteiger partial charge is 0.319 e. The highest BCUT2D eigenvalue weighted by molar-refractivity contribution is 6.42. The molecule has 0 aliphatic heterocycles. The first-order valence-corrected chi connectivity index (χ1v) is 11.5. The highest BCUT2D eigenvalue weighted by Gasteiger charge is 2.22. The molecule has 3 N–H and O–H groups in total. The van der Waals surface area contributed by atoms with Crippen molar-refractivity contribution >= 4 is 74.8 Å². The third-order valence-corrected chi connectivity index (χ3v) is 6.01. The number of rotatable bonds is 4. The fourth-order valence-electron chi connectivity index (χ4n) is 3.54. The van der Waals surface area contributed by atoms with E-state index in [-0.39, 0.29) is 10.7 Å². The summed E-state index contributed by atoms with van der Waals surface area (Å²) < 4.78 is 1.23. The summed E-state index contributed by atoms with van der Waals surface area (Å²) in [5.74, 6) is -2.42. The number of aromatic nitrogens is 1. The Hall–Kier alpha value is -3.52. The number of hydrogen-bond donors (Lipinski definition) is 3. The molecule has 0 spiro atoms. The Kier molecular flexibility index (Phi) is 7.03. The maximum absolute atomic E-state index is 13.1. The van der Waals surface area contributed by atoms with E-state index in [1.54, 1.807) is 42.5 Å². The zero-order chi connectivity index (χ0) is 25.3. The largest absolute Gasteiger partial charge is 0.328 e. The second kappa shape index (κ2) is 10.00. The van der Waals surface area contributed by atoms with Crippen LogP contribution in [0.4, 0.5) is 11.4 Å². The van der Waals surface area contributed by atoms with Crippen LogP contribution >= 0.6 is 34.8 Å². The zero-order valence-electron chi connectivity index (χ0n) is 18.6. The number of anilines is 2. The van der Waals surface area contributed by atoms with Crippen LogP contribution < -0.4 is 16.1 Å². The molecule has 35 heavy (non-hydrogen) atoms. The van der Waals surface area contributed by atoms with Gasteiger partial charge in [-0.25, -0.2) is 4.68 Å². The van der Waals surface area contributed by atoms with E-state index in [4.69, 9.17) is 34.8 Å². The first-order valence-electron chi connectivity index (χ1n) is 10.4. The highest BCUT2D eigenvalue weighted by Crippen LogP contribution is 2.27. The molecule has 0 aliphatic carbocycles. The minimum atomic E-state index is -0.962. The van der Waals surface area contributed by atoms with Gasteiger partial charge in [0.1, 0.15) is 5.69 Å². The van der Waals surface area contributed by atoms with Crippen molar-refractivity contribution in [2.24, 2.45) is 0 Å². The molecule has 0 saturated carbocycles. The molecule has 178 valence electrons. The van der Waals surface area contributed by atoms with Crippen LogP contribution in [0.25, 0.3) is 10.9 Å². The van der Waals surface area contributed by atoms with Crippen LogP contribution in [0, 0.1) is 13.8 Å². The maximum Gasteiger partial charge on any atom is 0.328 e. The Balaban J connectivity index is 1.64.